The molecule has 3 N–H and O–H groups in total. The molecule has 37 heavy (non-hydrogen) atoms. The van der Waals surface area contributed by atoms with Crippen molar-refractivity contribution in [1.82, 2.24) is 30.0 Å². The summed E-state index contributed by atoms with van der Waals surface area (Å²) in [5.41, 5.74) is 1.65. The van der Waals surface area contributed by atoms with Crippen molar-refractivity contribution < 1.29 is 22.7 Å². The predicted molar refractivity (Wildman–Crippen MR) is 130 cm³/mol. The molecule has 0 bridgehead atoms. The predicted octanol–water partition coefficient (Wildman–Crippen LogP) is 4.04. The summed E-state index contributed by atoms with van der Waals surface area (Å²) < 4.78 is 46.5. The number of alkyl halides is 2. The SMILES string of the molecule is CNC(=O)c1cnc(Nc2cc(C)c(F)cn2)cc1NCc1cccc(-c2ncn(C)n2)c1OC(F)F. The number of aryl methyl sites for hydroxylation is 2. The van der Waals surface area contributed by atoms with Crippen LogP contribution in [0.1, 0.15) is 21.5 Å². The Morgan fingerprint density at radius 1 is 1.14 bits per heavy atom. The number of carbonyl (C=O) groups excluding carboxylic acids is 1. The fourth-order valence-corrected chi connectivity index (χ4v) is 3.51. The largest absolute Gasteiger partial charge is 0.434 e. The van der Waals surface area contributed by atoms with Crippen molar-refractivity contribution in [2.75, 3.05) is 17.7 Å². The van der Waals surface area contributed by atoms with Crippen LogP contribution >= 0.6 is 0 Å². The van der Waals surface area contributed by atoms with Gasteiger partial charge in [0, 0.05) is 38.5 Å². The first-order valence-electron chi connectivity index (χ1n) is 11.0. The van der Waals surface area contributed by atoms with E-state index in [4.69, 9.17) is 4.74 Å². The standard InChI is InChI=1S/C24H23F3N8O2/c1-13-7-19(31-11-17(13)25)33-20-8-18(16(10-30-20)23(36)28-2)29-9-14-5-4-6-15(21(14)37-24(26)27)22-32-12-35(3)34-22/h4-8,10-12,24H,9H2,1-3H3,(H,28,36)(H2,29,30,31,33). The molecule has 3 heterocycles. The van der Waals surface area contributed by atoms with Crippen LogP contribution in [0.4, 0.5) is 30.5 Å². The third-order valence-corrected chi connectivity index (χ3v) is 5.29. The van der Waals surface area contributed by atoms with Crippen LogP contribution in [-0.2, 0) is 13.6 Å². The average molecular weight is 512 g/mol. The average Bonchev–Trinajstić information content (AvgIpc) is 3.31. The number of pyridine rings is 2. The zero-order valence-electron chi connectivity index (χ0n) is 20.1. The van der Waals surface area contributed by atoms with E-state index in [1.807, 2.05) is 0 Å². The van der Waals surface area contributed by atoms with Gasteiger partial charge < -0.3 is 20.7 Å². The van der Waals surface area contributed by atoms with E-state index in [9.17, 15) is 18.0 Å². The minimum absolute atomic E-state index is 0.0179. The number of para-hydroxylation sites is 1. The first-order chi connectivity index (χ1) is 17.7. The highest BCUT2D eigenvalue weighted by molar-refractivity contribution is 5.99. The summed E-state index contributed by atoms with van der Waals surface area (Å²) in [5, 5.41) is 12.8. The maximum atomic E-state index is 13.6. The zero-order chi connectivity index (χ0) is 26.5. The Bertz CT molecular complexity index is 1430. The number of ether oxygens (including phenoxy) is 1. The van der Waals surface area contributed by atoms with Crippen molar-refractivity contribution in [1.29, 1.82) is 0 Å². The lowest BCUT2D eigenvalue weighted by Gasteiger charge is -2.17. The van der Waals surface area contributed by atoms with Crippen molar-refractivity contribution >= 4 is 23.2 Å². The highest BCUT2D eigenvalue weighted by Gasteiger charge is 2.19. The monoisotopic (exact) mass is 512 g/mol. The quantitative estimate of drug-likeness (QED) is 0.308. The first kappa shape index (κ1) is 25.4. The minimum Gasteiger partial charge on any atom is -0.434 e. The molecule has 0 spiro atoms. The number of aromatic nitrogens is 5. The number of nitrogens with one attached hydrogen (secondary N) is 3. The smallest absolute Gasteiger partial charge is 0.387 e. The summed E-state index contributed by atoms with van der Waals surface area (Å²) in [6.45, 7) is -1.46. The van der Waals surface area contributed by atoms with E-state index in [2.05, 4.69) is 36.0 Å². The van der Waals surface area contributed by atoms with Gasteiger partial charge in [0.05, 0.1) is 23.0 Å². The molecule has 10 nitrogen and oxygen atoms in total. The number of hydrogen-bond donors (Lipinski definition) is 3. The van der Waals surface area contributed by atoms with Gasteiger partial charge in [-0.15, -0.1) is 0 Å². The molecule has 4 aromatic rings. The number of halogens is 3. The fourth-order valence-electron chi connectivity index (χ4n) is 3.51. The highest BCUT2D eigenvalue weighted by atomic mass is 19.3. The van der Waals surface area contributed by atoms with E-state index in [0.717, 1.165) is 6.20 Å². The van der Waals surface area contributed by atoms with Crippen molar-refractivity contribution in [3.05, 3.63) is 71.6 Å². The topological polar surface area (TPSA) is 119 Å². The molecule has 3 aromatic heterocycles. The normalized spacial score (nSPS) is 10.9. The summed E-state index contributed by atoms with van der Waals surface area (Å²) in [6.07, 6.45) is 3.89. The summed E-state index contributed by atoms with van der Waals surface area (Å²) in [4.78, 5) is 24.8. The first-order valence-corrected chi connectivity index (χ1v) is 11.0. The van der Waals surface area contributed by atoms with E-state index in [0.29, 0.717) is 34.0 Å². The third-order valence-electron chi connectivity index (χ3n) is 5.29. The Hall–Kier alpha value is -4.68. The summed E-state index contributed by atoms with van der Waals surface area (Å²) >= 11 is 0. The Kier molecular flexibility index (Phi) is 7.51. The molecule has 0 unspecified atom stereocenters. The van der Waals surface area contributed by atoms with Crippen LogP contribution in [0.5, 0.6) is 5.75 Å². The van der Waals surface area contributed by atoms with Crippen LogP contribution < -0.4 is 20.7 Å². The molecule has 13 heteroatoms. The highest BCUT2D eigenvalue weighted by Crippen LogP contribution is 2.33. The lowest BCUT2D eigenvalue weighted by Crippen LogP contribution is -2.20. The third kappa shape index (κ3) is 5.94. The van der Waals surface area contributed by atoms with Gasteiger partial charge in [0.25, 0.3) is 5.91 Å². The van der Waals surface area contributed by atoms with Crippen LogP contribution in [0.25, 0.3) is 11.4 Å². The molecular formula is C24H23F3N8O2. The molecule has 0 fully saturated rings. The number of rotatable bonds is 9. The maximum Gasteiger partial charge on any atom is 0.387 e. The van der Waals surface area contributed by atoms with Crippen LogP contribution in [-0.4, -0.2) is 44.3 Å². The number of anilines is 3. The molecule has 192 valence electrons. The molecule has 4 rings (SSSR count). The Morgan fingerprint density at radius 3 is 2.57 bits per heavy atom. The molecule has 0 saturated heterocycles. The van der Waals surface area contributed by atoms with Gasteiger partial charge in [-0.2, -0.15) is 13.9 Å². The molecule has 0 aliphatic heterocycles. The summed E-state index contributed by atoms with van der Waals surface area (Å²) in [6, 6.07) is 7.94. The number of hydrogen-bond acceptors (Lipinski definition) is 8. The van der Waals surface area contributed by atoms with Crippen LogP contribution in [0.2, 0.25) is 0 Å². The van der Waals surface area contributed by atoms with Gasteiger partial charge >= 0.3 is 6.61 Å². The molecule has 0 saturated carbocycles. The fraction of sp³-hybridized carbons (Fsp3) is 0.208. The van der Waals surface area contributed by atoms with Gasteiger partial charge in [-0.1, -0.05) is 12.1 Å². The maximum absolute atomic E-state index is 13.6. The van der Waals surface area contributed by atoms with Crippen molar-refractivity contribution in [3.63, 3.8) is 0 Å². The van der Waals surface area contributed by atoms with Crippen molar-refractivity contribution in [2.45, 2.75) is 20.1 Å². The molecular weight excluding hydrogens is 489 g/mol. The van der Waals surface area contributed by atoms with Gasteiger partial charge in [-0.05, 0) is 24.6 Å². The summed E-state index contributed by atoms with van der Waals surface area (Å²) in [5.74, 6) is -0.0365. The van der Waals surface area contributed by atoms with Gasteiger partial charge in [-0.25, -0.2) is 19.3 Å². The van der Waals surface area contributed by atoms with Gasteiger partial charge in [0.15, 0.2) is 5.82 Å². The second kappa shape index (κ2) is 10.9. The Balaban J connectivity index is 1.66. The van der Waals surface area contributed by atoms with E-state index >= 15 is 0 Å². The number of benzene rings is 1. The lowest BCUT2D eigenvalue weighted by atomic mass is 10.1. The van der Waals surface area contributed by atoms with E-state index < -0.39 is 18.3 Å². The van der Waals surface area contributed by atoms with Gasteiger partial charge in [0.1, 0.15) is 29.5 Å². The lowest BCUT2D eigenvalue weighted by molar-refractivity contribution is -0.0500. The van der Waals surface area contributed by atoms with Crippen LogP contribution in [0, 0.1) is 12.7 Å². The molecule has 1 aromatic carbocycles. The number of carbonyl (C=O) groups is 1. The van der Waals surface area contributed by atoms with Crippen molar-refractivity contribution in [2.24, 2.45) is 7.05 Å². The van der Waals surface area contributed by atoms with E-state index in [-0.39, 0.29) is 23.7 Å². The minimum atomic E-state index is -3.08. The second-order valence-corrected chi connectivity index (χ2v) is 7.91. The van der Waals surface area contributed by atoms with Crippen molar-refractivity contribution in [3.8, 4) is 17.1 Å². The van der Waals surface area contributed by atoms with E-state index in [1.54, 1.807) is 38.2 Å². The van der Waals surface area contributed by atoms with Gasteiger partial charge in [-0.3, -0.25) is 9.48 Å². The number of nitrogens with zero attached hydrogens (tertiary/aromatic N) is 5. The molecule has 0 aliphatic carbocycles. The zero-order valence-corrected chi connectivity index (χ0v) is 20.1. The molecule has 0 radical (unpaired) electrons. The number of amides is 1. The second-order valence-electron chi connectivity index (χ2n) is 7.91. The Labute approximate surface area is 209 Å². The van der Waals surface area contributed by atoms with E-state index in [1.165, 1.54) is 30.3 Å². The van der Waals surface area contributed by atoms with Gasteiger partial charge in [0.2, 0.25) is 0 Å². The van der Waals surface area contributed by atoms with Crippen LogP contribution in [0.3, 0.4) is 0 Å². The summed E-state index contributed by atoms with van der Waals surface area (Å²) in [7, 11) is 3.13. The molecule has 1 amide bonds. The molecule has 0 aliphatic rings. The Morgan fingerprint density at radius 2 is 1.89 bits per heavy atom. The van der Waals surface area contributed by atoms with Crippen LogP contribution in [0.15, 0.2) is 49.1 Å². The molecule has 0 atom stereocenters.